The number of fused-ring (bicyclic) bond motifs is 1. The number of nitrogens with zero attached hydrogens (tertiary/aromatic N) is 1. The van der Waals surface area contributed by atoms with Crippen molar-refractivity contribution in [2.45, 2.75) is 38.1 Å². The Balaban J connectivity index is 1.88. The highest BCUT2D eigenvalue weighted by Crippen LogP contribution is 2.31. The molecule has 0 spiro atoms. The van der Waals surface area contributed by atoms with E-state index in [1.807, 2.05) is 0 Å². The van der Waals surface area contributed by atoms with E-state index in [0.717, 1.165) is 25.7 Å². The number of carbonyl (C=O) groups is 2. The molecule has 0 radical (unpaired) electrons. The second-order valence-corrected chi connectivity index (χ2v) is 7.06. The first-order chi connectivity index (χ1) is 13.1. The van der Waals surface area contributed by atoms with Gasteiger partial charge in [0, 0.05) is 31.3 Å². The molecule has 1 aromatic rings. The van der Waals surface area contributed by atoms with Crippen LogP contribution < -0.4 is 10.1 Å². The van der Waals surface area contributed by atoms with Gasteiger partial charge in [0.15, 0.2) is 11.6 Å². The Bertz CT molecular complexity index is 682. The smallest absolute Gasteiger partial charge is 0.254 e. The minimum absolute atomic E-state index is 0.0242. The van der Waals surface area contributed by atoms with Crippen LogP contribution in [0, 0.1) is 11.7 Å². The zero-order valence-corrected chi connectivity index (χ0v) is 15.7. The normalized spacial score (nSPS) is 24.4. The highest BCUT2D eigenvalue weighted by Gasteiger charge is 2.37. The first kappa shape index (κ1) is 19.6. The Hall–Kier alpha value is -2.15. The van der Waals surface area contributed by atoms with Crippen LogP contribution in [0.5, 0.6) is 5.75 Å². The van der Waals surface area contributed by atoms with Crippen molar-refractivity contribution in [3.63, 3.8) is 0 Å². The van der Waals surface area contributed by atoms with Gasteiger partial charge >= 0.3 is 0 Å². The average molecular weight is 378 g/mol. The number of halogens is 1. The van der Waals surface area contributed by atoms with Gasteiger partial charge in [-0.05, 0) is 37.5 Å². The summed E-state index contributed by atoms with van der Waals surface area (Å²) >= 11 is 0. The molecule has 1 aliphatic carbocycles. The van der Waals surface area contributed by atoms with Crippen molar-refractivity contribution in [1.82, 2.24) is 10.2 Å². The molecular weight excluding hydrogens is 351 g/mol. The summed E-state index contributed by atoms with van der Waals surface area (Å²) in [6.45, 7) is 1.97. The van der Waals surface area contributed by atoms with E-state index >= 15 is 0 Å². The standard InChI is InChI=1S/C20H27FN2O4/c1-26-18-8-7-14(13-16(18)21)20(25)23-10-4-11-27-12-9-22-19(24)15-5-2-3-6-17(15)23/h7-8,13,15,17H,2-6,9-12H2,1H3,(H,22,24)/t15-,17+/m1/s1. The molecule has 7 heteroatoms. The van der Waals surface area contributed by atoms with Gasteiger partial charge in [-0.3, -0.25) is 9.59 Å². The average Bonchev–Trinajstić information content (AvgIpc) is 2.72. The zero-order valence-electron chi connectivity index (χ0n) is 15.7. The van der Waals surface area contributed by atoms with E-state index in [1.165, 1.54) is 19.2 Å². The van der Waals surface area contributed by atoms with Gasteiger partial charge in [0.2, 0.25) is 5.91 Å². The minimum atomic E-state index is -0.567. The summed E-state index contributed by atoms with van der Waals surface area (Å²) in [7, 11) is 1.39. The van der Waals surface area contributed by atoms with Crippen LogP contribution in [0.25, 0.3) is 0 Å². The number of hydrogen-bond donors (Lipinski definition) is 1. The Kier molecular flexibility index (Phi) is 6.66. The maximum Gasteiger partial charge on any atom is 0.254 e. The van der Waals surface area contributed by atoms with Gasteiger partial charge in [0.05, 0.1) is 19.6 Å². The summed E-state index contributed by atoms with van der Waals surface area (Å²) < 4.78 is 24.6. The lowest BCUT2D eigenvalue weighted by Crippen LogP contribution is -2.51. The highest BCUT2D eigenvalue weighted by atomic mass is 19.1. The van der Waals surface area contributed by atoms with Gasteiger partial charge in [-0.15, -0.1) is 0 Å². The third-order valence-corrected chi connectivity index (χ3v) is 5.36. The molecule has 0 aromatic heterocycles. The summed E-state index contributed by atoms with van der Waals surface area (Å²) in [5, 5.41) is 2.92. The number of rotatable bonds is 2. The Labute approximate surface area is 159 Å². The lowest BCUT2D eigenvalue weighted by Gasteiger charge is -2.39. The molecule has 6 nitrogen and oxygen atoms in total. The molecule has 3 rings (SSSR count). The Morgan fingerprint density at radius 3 is 2.85 bits per heavy atom. The van der Waals surface area contributed by atoms with Crippen molar-refractivity contribution < 1.29 is 23.5 Å². The van der Waals surface area contributed by atoms with E-state index in [2.05, 4.69) is 5.32 Å². The van der Waals surface area contributed by atoms with Gasteiger partial charge in [-0.1, -0.05) is 12.8 Å². The van der Waals surface area contributed by atoms with Crippen LogP contribution in [0.2, 0.25) is 0 Å². The number of hydrogen-bond acceptors (Lipinski definition) is 4. The molecule has 1 saturated carbocycles. The monoisotopic (exact) mass is 378 g/mol. The van der Waals surface area contributed by atoms with Gasteiger partial charge in [0.25, 0.3) is 5.91 Å². The van der Waals surface area contributed by atoms with Crippen LogP contribution in [0.4, 0.5) is 4.39 Å². The molecular formula is C20H27FN2O4. The molecule has 2 amide bonds. The number of methoxy groups -OCH3 is 1. The summed E-state index contributed by atoms with van der Waals surface area (Å²) in [6.07, 6.45) is 4.18. The van der Waals surface area contributed by atoms with E-state index < -0.39 is 5.82 Å². The summed E-state index contributed by atoms with van der Waals surface area (Å²) in [6, 6.07) is 4.07. The van der Waals surface area contributed by atoms with Crippen molar-refractivity contribution >= 4 is 11.8 Å². The lowest BCUT2D eigenvalue weighted by atomic mass is 9.82. The van der Waals surface area contributed by atoms with E-state index in [9.17, 15) is 14.0 Å². The first-order valence-electron chi connectivity index (χ1n) is 9.62. The fourth-order valence-electron chi connectivity index (χ4n) is 3.99. The SMILES string of the molecule is COc1ccc(C(=O)N2CCCOCCNC(=O)[C@@H]3CCCC[C@@H]32)cc1F. The predicted molar refractivity (Wildman–Crippen MR) is 98.2 cm³/mol. The topological polar surface area (TPSA) is 67.9 Å². The van der Waals surface area contributed by atoms with E-state index in [4.69, 9.17) is 9.47 Å². The lowest BCUT2D eigenvalue weighted by molar-refractivity contribution is -0.128. The molecule has 1 saturated heterocycles. The fourth-order valence-corrected chi connectivity index (χ4v) is 3.99. The van der Waals surface area contributed by atoms with Gasteiger partial charge in [0.1, 0.15) is 0 Å². The van der Waals surface area contributed by atoms with Crippen LogP contribution in [-0.2, 0) is 9.53 Å². The van der Waals surface area contributed by atoms with Crippen LogP contribution in [0.1, 0.15) is 42.5 Å². The van der Waals surface area contributed by atoms with Crippen molar-refractivity contribution in [2.24, 2.45) is 5.92 Å². The summed E-state index contributed by atoms with van der Waals surface area (Å²) in [5.74, 6) is -0.969. The number of amides is 2. The Morgan fingerprint density at radius 1 is 1.26 bits per heavy atom. The van der Waals surface area contributed by atoms with Crippen LogP contribution in [0.15, 0.2) is 18.2 Å². The number of ether oxygens (including phenoxy) is 2. The van der Waals surface area contributed by atoms with E-state index in [-0.39, 0.29) is 35.1 Å². The van der Waals surface area contributed by atoms with Gasteiger partial charge in [-0.2, -0.15) is 0 Å². The molecule has 0 bridgehead atoms. The number of benzene rings is 1. The maximum atomic E-state index is 14.1. The van der Waals surface area contributed by atoms with Crippen LogP contribution in [0.3, 0.4) is 0 Å². The highest BCUT2D eigenvalue weighted by molar-refractivity contribution is 5.95. The summed E-state index contributed by atoms with van der Waals surface area (Å²) in [4.78, 5) is 27.6. The third kappa shape index (κ3) is 4.58. The molecule has 1 N–H and O–H groups in total. The molecule has 1 aromatic carbocycles. The molecule has 0 unspecified atom stereocenters. The third-order valence-electron chi connectivity index (χ3n) is 5.36. The van der Waals surface area contributed by atoms with Gasteiger partial charge < -0.3 is 19.7 Å². The first-order valence-corrected chi connectivity index (χ1v) is 9.62. The molecule has 148 valence electrons. The Morgan fingerprint density at radius 2 is 2.07 bits per heavy atom. The second-order valence-electron chi connectivity index (χ2n) is 7.06. The fraction of sp³-hybridized carbons (Fsp3) is 0.600. The quantitative estimate of drug-likeness (QED) is 0.858. The van der Waals surface area contributed by atoms with Crippen LogP contribution >= 0.6 is 0 Å². The maximum absolute atomic E-state index is 14.1. The van der Waals surface area contributed by atoms with Crippen molar-refractivity contribution in [3.05, 3.63) is 29.6 Å². The molecule has 2 fully saturated rings. The summed E-state index contributed by atoms with van der Waals surface area (Å²) in [5.41, 5.74) is 0.272. The van der Waals surface area contributed by atoms with E-state index in [0.29, 0.717) is 32.7 Å². The molecule has 2 aliphatic rings. The second kappa shape index (κ2) is 9.17. The molecule has 27 heavy (non-hydrogen) atoms. The molecule has 2 atom stereocenters. The van der Waals surface area contributed by atoms with Crippen LogP contribution in [-0.4, -0.2) is 56.2 Å². The largest absolute Gasteiger partial charge is 0.494 e. The van der Waals surface area contributed by atoms with Crippen molar-refractivity contribution in [3.8, 4) is 5.75 Å². The van der Waals surface area contributed by atoms with E-state index in [1.54, 1.807) is 11.0 Å². The predicted octanol–water partition coefficient (Wildman–Crippen LogP) is 2.37. The molecule has 1 heterocycles. The van der Waals surface area contributed by atoms with Crippen molar-refractivity contribution in [1.29, 1.82) is 0 Å². The minimum Gasteiger partial charge on any atom is -0.494 e. The zero-order chi connectivity index (χ0) is 19.2. The van der Waals surface area contributed by atoms with Gasteiger partial charge in [-0.25, -0.2) is 4.39 Å². The molecule has 1 aliphatic heterocycles. The number of carbonyl (C=O) groups excluding carboxylic acids is 2. The number of nitrogens with one attached hydrogen (secondary N) is 1. The van der Waals surface area contributed by atoms with Crippen molar-refractivity contribution in [2.75, 3.05) is 33.4 Å².